The number of ether oxygens (including phenoxy) is 2. The van der Waals surface area contributed by atoms with Crippen molar-refractivity contribution < 1.29 is 35.1 Å². The van der Waals surface area contributed by atoms with Crippen molar-refractivity contribution in [3.05, 3.63) is 101 Å². The number of halogens is 3. The monoisotopic (exact) mass is 839 g/mol. The van der Waals surface area contributed by atoms with E-state index in [1.807, 2.05) is 40.1 Å². The Kier molecular flexibility index (Phi) is 12.3. The van der Waals surface area contributed by atoms with E-state index in [-0.39, 0.29) is 17.0 Å². The van der Waals surface area contributed by atoms with E-state index in [9.17, 15) is 25.6 Å². The molecule has 0 spiro atoms. The molecule has 0 unspecified atom stereocenters. The maximum absolute atomic E-state index is 14.1. The molecule has 4 aliphatic rings. The molecule has 4 aromatic rings. The molecule has 8 rings (SSSR count). The van der Waals surface area contributed by atoms with Gasteiger partial charge in [0.2, 0.25) is 9.05 Å². The summed E-state index contributed by atoms with van der Waals surface area (Å²) in [5.74, 6) is 2.44. The number of fused-ring (bicyclic) bond motifs is 6. The first kappa shape index (κ1) is 41.2. The normalized spacial score (nSPS) is 15.0. The summed E-state index contributed by atoms with van der Waals surface area (Å²) in [6, 6.07) is 19.5. The summed E-state index contributed by atoms with van der Waals surface area (Å²) in [7, 11) is -1.85. The lowest BCUT2D eigenvalue weighted by Crippen LogP contribution is -2.29. The molecule has 2 N–H and O–H groups in total. The van der Waals surface area contributed by atoms with Crippen LogP contribution in [0, 0.1) is 11.6 Å². The first-order chi connectivity index (χ1) is 27.0. The van der Waals surface area contributed by atoms with Gasteiger partial charge in [-0.25, -0.2) is 35.6 Å². The Morgan fingerprint density at radius 1 is 0.684 bits per heavy atom. The first-order valence-corrected chi connectivity index (χ1v) is 21.9. The van der Waals surface area contributed by atoms with E-state index >= 15 is 0 Å². The van der Waals surface area contributed by atoms with Crippen LogP contribution in [-0.4, -0.2) is 87.7 Å². The van der Waals surface area contributed by atoms with Crippen molar-refractivity contribution in [1.82, 2.24) is 9.80 Å². The zero-order chi connectivity index (χ0) is 41.1. The predicted molar refractivity (Wildman–Crippen MR) is 220 cm³/mol. The highest BCUT2D eigenvalue weighted by Crippen LogP contribution is 2.34. The van der Waals surface area contributed by atoms with E-state index in [4.69, 9.17) is 25.9 Å². The fourth-order valence-corrected chi connectivity index (χ4v) is 6.58. The molecule has 0 atom stereocenters. The highest BCUT2D eigenvalue weighted by Gasteiger charge is 2.26. The van der Waals surface area contributed by atoms with Gasteiger partial charge in [0.25, 0.3) is 0 Å². The summed E-state index contributed by atoms with van der Waals surface area (Å²) in [6.07, 6.45) is 3.57. The molecule has 0 amide bonds. The SMILES string of the molecule is CC(C)S(=O)(=O)Cc1cc(Oc2ccc3c(c2)C2=NCCN2C=N3)ccc1F.CC(C)S(=O)(=O)Cl.Nc1cc(Oc2ccc3c(c2)C2=NCCN2C=N3)ccc1F. The van der Waals surface area contributed by atoms with Gasteiger partial charge >= 0.3 is 0 Å². The number of nitrogens with zero attached hydrogens (tertiary/aromatic N) is 6. The molecule has 13 nitrogen and oxygen atoms in total. The molecule has 0 saturated heterocycles. The average Bonchev–Trinajstić information content (AvgIpc) is 3.85. The van der Waals surface area contributed by atoms with Crippen LogP contribution in [0.2, 0.25) is 0 Å². The molecule has 4 aromatic carbocycles. The molecular weight excluding hydrogens is 800 g/mol. The van der Waals surface area contributed by atoms with Gasteiger partial charge < -0.3 is 25.0 Å². The Labute approximate surface area is 334 Å². The molecule has 0 aromatic heterocycles. The summed E-state index contributed by atoms with van der Waals surface area (Å²) < 4.78 is 83.4. The van der Waals surface area contributed by atoms with Gasteiger partial charge in [-0.2, -0.15) is 0 Å². The van der Waals surface area contributed by atoms with Crippen LogP contribution in [0.1, 0.15) is 44.4 Å². The van der Waals surface area contributed by atoms with Crippen LogP contribution >= 0.6 is 10.7 Å². The van der Waals surface area contributed by atoms with Crippen molar-refractivity contribution >= 4 is 71.0 Å². The lowest BCUT2D eigenvalue weighted by atomic mass is 10.1. The first-order valence-electron chi connectivity index (χ1n) is 17.8. The van der Waals surface area contributed by atoms with Crippen LogP contribution in [0.25, 0.3) is 0 Å². The summed E-state index contributed by atoms with van der Waals surface area (Å²) in [4.78, 5) is 21.8. The van der Waals surface area contributed by atoms with Crippen molar-refractivity contribution in [3.63, 3.8) is 0 Å². The fraction of sp³-hybridized carbons (Fsp3) is 0.282. The van der Waals surface area contributed by atoms with E-state index in [2.05, 4.69) is 20.0 Å². The molecule has 0 fully saturated rings. The number of nitrogens with two attached hydrogens (primary N) is 1. The minimum Gasteiger partial charge on any atom is -0.457 e. The number of rotatable bonds is 8. The summed E-state index contributed by atoms with van der Waals surface area (Å²) in [6.45, 7) is 9.35. The van der Waals surface area contributed by atoms with E-state index in [0.717, 1.165) is 60.4 Å². The van der Waals surface area contributed by atoms with Crippen molar-refractivity contribution in [1.29, 1.82) is 0 Å². The summed E-state index contributed by atoms with van der Waals surface area (Å²) in [5.41, 5.74) is 9.20. The van der Waals surface area contributed by atoms with Crippen molar-refractivity contribution in [3.8, 4) is 23.0 Å². The van der Waals surface area contributed by atoms with Crippen LogP contribution in [0.3, 0.4) is 0 Å². The summed E-state index contributed by atoms with van der Waals surface area (Å²) in [5, 5.41) is -1.04. The molecule has 0 bridgehead atoms. The number of benzene rings is 4. The predicted octanol–water partition coefficient (Wildman–Crippen LogP) is 7.58. The molecule has 0 aliphatic carbocycles. The highest BCUT2D eigenvalue weighted by atomic mass is 35.7. The van der Waals surface area contributed by atoms with Gasteiger partial charge in [0.1, 0.15) is 46.3 Å². The zero-order valence-corrected chi connectivity index (χ0v) is 33.8. The Hall–Kier alpha value is -5.39. The van der Waals surface area contributed by atoms with Crippen LogP contribution in [0.4, 0.5) is 25.8 Å². The third-order valence-electron chi connectivity index (χ3n) is 8.93. The molecule has 4 aliphatic heterocycles. The van der Waals surface area contributed by atoms with E-state index in [1.54, 1.807) is 38.7 Å². The van der Waals surface area contributed by atoms with Crippen molar-refractivity contribution in [2.75, 3.05) is 31.9 Å². The lowest BCUT2D eigenvalue weighted by molar-refractivity contribution is 0.479. The van der Waals surface area contributed by atoms with Crippen LogP contribution in [-0.2, 0) is 24.6 Å². The molecule has 300 valence electrons. The third kappa shape index (κ3) is 9.95. The molecule has 4 heterocycles. The minimum absolute atomic E-state index is 0.0615. The molecule has 18 heteroatoms. The number of aliphatic imine (C=N–C) groups is 4. The topological polar surface area (TPSA) is 169 Å². The molecular formula is C39H40ClF2N7O6S2. The second-order valence-electron chi connectivity index (χ2n) is 13.7. The van der Waals surface area contributed by atoms with E-state index < -0.39 is 41.0 Å². The number of amidine groups is 2. The van der Waals surface area contributed by atoms with Crippen molar-refractivity contribution in [2.24, 2.45) is 20.0 Å². The maximum Gasteiger partial charge on any atom is 0.234 e. The quantitative estimate of drug-likeness (QED) is 0.139. The number of hydrogen-bond acceptors (Lipinski definition) is 13. The average molecular weight is 840 g/mol. The number of sulfone groups is 1. The van der Waals surface area contributed by atoms with Crippen LogP contribution < -0.4 is 15.2 Å². The van der Waals surface area contributed by atoms with Gasteiger partial charge in [0, 0.05) is 46.5 Å². The second kappa shape index (κ2) is 17.0. The molecule has 0 radical (unpaired) electrons. The zero-order valence-electron chi connectivity index (χ0n) is 31.4. The number of nitrogen functional groups attached to an aromatic ring is 1. The highest BCUT2D eigenvalue weighted by molar-refractivity contribution is 8.14. The fourth-order valence-electron chi connectivity index (χ4n) is 5.60. The molecule has 0 saturated carbocycles. The Morgan fingerprint density at radius 3 is 1.58 bits per heavy atom. The summed E-state index contributed by atoms with van der Waals surface area (Å²) >= 11 is 0. The van der Waals surface area contributed by atoms with Gasteiger partial charge in [-0.15, -0.1) is 0 Å². The van der Waals surface area contributed by atoms with Gasteiger partial charge in [-0.05, 0) is 94.4 Å². The molecule has 57 heavy (non-hydrogen) atoms. The van der Waals surface area contributed by atoms with Gasteiger partial charge in [-0.3, -0.25) is 9.98 Å². The van der Waals surface area contributed by atoms with Crippen LogP contribution in [0.15, 0.2) is 92.8 Å². The van der Waals surface area contributed by atoms with E-state index in [0.29, 0.717) is 23.0 Å². The number of hydrogen-bond donors (Lipinski definition) is 1. The van der Waals surface area contributed by atoms with Gasteiger partial charge in [0.05, 0.1) is 59.1 Å². The smallest absolute Gasteiger partial charge is 0.234 e. The Morgan fingerprint density at radius 2 is 1.12 bits per heavy atom. The van der Waals surface area contributed by atoms with Crippen molar-refractivity contribution in [2.45, 2.75) is 43.9 Å². The third-order valence-corrected chi connectivity index (χ3v) is 13.3. The van der Waals surface area contributed by atoms with Gasteiger partial charge in [-0.1, -0.05) is 0 Å². The van der Waals surface area contributed by atoms with Crippen LogP contribution in [0.5, 0.6) is 23.0 Å². The second-order valence-corrected chi connectivity index (χ2v) is 19.4. The Bertz CT molecular complexity index is 2530. The minimum atomic E-state index is -3.42. The van der Waals surface area contributed by atoms with Gasteiger partial charge in [0.15, 0.2) is 9.84 Å². The number of anilines is 1. The largest absolute Gasteiger partial charge is 0.457 e. The maximum atomic E-state index is 14.1. The Balaban J connectivity index is 0.000000169. The lowest BCUT2D eigenvalue weighted by Gasteiger charge is -2.21. The van der Waals surface area contributed by atoms with E-state index in [1.165, 1.54) is 44.2 Å². The standard InChI is InChI=1S/C20H20FN3O3S.C16H13FN4O.C3H7ClO2S/c1-13(2)28(25,26)11-14-9-15(3-5-18(14)21)27-16-4-6-19-17(10-16)20-22-7-8-24(20)12-23-19;17-13-3-1-11(8-14(13)18)22-10-2-4-15-12(7-10)16-19-5-6-21(16)9-20-15;1-3(2)7(4,5)6/h3-6,9-10,12-13H,7-8,11H2,1-2H3;1-4,7-9H,5-6,18H2;3H,1-2H3.